The van der Waals surface area contributed by atoms with Crippen LogP contribution in [0, 0.1) is 0 Å². The molecule has 1 aromatic heterocycles. The van der Waals surface area contributed by atoms with E-state index in [9.17, 15) is 9.59 Å². The highest BCUT2D eigenvalue weighted by atomic mass is 16.2. The number of carbonyl (C=O) groups is 1. The van der Waals surface area contributed by atoms with Crippen molar-refractivity contribution < 1.29 is 4.79 Å². The lowest BCUT2D eigenvalue weighted by Crippen LogP contribution is -2.25. The molecule has 4 heteroatoms. The van der Waals surface area contributed by atoms with E-state index in [0.717, 1.165) is 43.4 Å². The number of aromatic nitrogens is 1. The molecule has 0 atom stereocenters. The van der Waals surface area contributed by atoms with Crippen molar-refractivity contribution in [1.82, 2.24) is 4.98 Å². The SMILES string of the molecule is NC(=O)c1c[nH]c2c(c1=O)CCCCC2. The van der Waals surface area contributed by atoms with Gasteiger partial charge in [-0.25, -0.2) is 0 Å². The van der Waals surface area contributed by atoms with Gasteiger partial charge in [-0.05, 0) is 25.7 Å². The summed E-state index contributed by atoms with van der Waals surface area (Å²) < 4.78 is 0. The molecule has 0 radical (unpaired) electrons. The van der Waals surface area contributed by atoms with Crippen molar-refractivity contribution in [3.05, 3.63) is 33.2 Å². The number of pyridine rings is 1. The molecule has 0 fully saturated rings. The largest absolute Gasteiger partial charge is 0.365 e. The standard InChI is InChI=1S/C11H14N2O2/c12-11(15)8-6-13-9-5-3-1-2-4-7(9)10(8)14/h6H,1-5H2,(H2,12,15)(H,13,14). The third-order valence-electron chi connectivity index (χ3n) is 2.89. The fourth-order valence-electron chi connectivity index (χ4n) is 2.06. The van der Waals surface area contributed by atoms with Gasteiger partial charge in [0.05, 0.1) is 0 Å². The Bertz CT molecular complexity index is 448. The fourth-order valence-corrected chi connectivity index (χ4v) is 2.06. The van der Waals surface area contributed by atoms with Crippen LogP contribution < -0.4 is 11.2 Å². The monoisotopic (exact) mass is 206 g/mol. The van der Waals surface area contributed by atoms with E-state index in [1.165, 1.54) is 6.20 Å². The second-order valence-corrected chi connectivity index (χ2v) is 3.91. The van der Waals surface area contributed by atoms with Gasteiger partial charge in [0.25, 0.3) is 5.91 Å². The van der Waals surface area contributed by atoms with Crippen molar-refractivity contribution >= 4 is 5.91 Å². The first-order chi connectivity index (χ1) is 7.20. The summed E-state index contributed by atoms with van der Waals surface area (Å²) in [7, 11) is 0. The zero-order chi connectivity index (χ0) is 10.8. The number of nitrogens with two attached hydrogens (primary N) is 1. The number of carbonyl (C=O) groups excluding carboxylic acids is 1. The summed E-state index contributed by atoms with van der Waals surface area (Å²) in [5, 5.41) is 0. The zero-order valence-corrected chi connectivity index (χ0v) is 8.51. The maximum absolute atomic E-state index is 11.9. The number of fused-ring (bicyclic) bond motifs is 1. The minimum atomic E-state index is -0.650. The highest BCUT2D eigenvalue weighted by Gasteiger charge is 2.16. The predicted molar refractivity (Wildman–Crippen MR) is 56.8 cm³/mol. The Morgan fingerprint density at radius 2 is 2.00 bits per heavy atom. The molecule has 15 heavy (non-hydrogen) atoms. The van der Waals surface area contributed by atoms with Crippen LogP contribution in [0.25, 0.3) is 0 Å². The molecule has 0 aromatic carbocycles. The number of aromatic amines is 1. The van der Waals surface area contributed by atoms with Crippen molar-refractivity contribution in [2.75, 3.05) is 0 Å². The van der Waals surface area contributed by atoms with Crippen LogP contribution in [-0.2, 0) is 12.8 Å². The lowest BCUT2D eigenvalue weighted by molar-refractivity contribution is 0.0999. The molecule has 2 rings (SSSR count). The van der Waals surface area contributed by atoms with Gasteiger partial charge in [0.1, 0.15) is 5.56 Å². The molecule has 1 aliphatic rings. The van der Waals surface area contributed by atoms with Crippen LogP contribution in [0.4, 0.5) is 0 Å². The minimum absolute atomic E-state index is 0.0793. The first-order valence-corrected chi connectivity index (χ1v) is 5.23. The third kappa shape index (κ3) is 1.79. The van der Waals surface area contributed by atoms with E-state index in [4.69, 9.17) is 5.73 Å². The molecule has 1 aliphatic carbocycles. The maximum atomic E-state index is 11.9. The molecular weight excluding hydrogens is 192 g/mol. The number of primary amides is 1. The van der Waals surface area contributed by atoms with Gasteiger partial charge in [-0.15, -0.1) is 0 Å². The number of H-pyrrole nitrogens is 1. The molecule has 0 saturated carbocycles. The Hall–Kier alpha value is -1.58. The van der Waals surface area contributed by atoms with E-state index in [1.807, 2.05) is 0 Å². The van der Waals surface area contributed by atoms with Crippen LogP contribution in [0.2, 0.25) is 0 Å². The maximum Gasteiger partial charge on any atom is 0.254 e. The summed E-state index contributed by atoms with van der Waals surface area (Å²) in [6.45, 7) is 0. The molecule has 1 heterocycles. The van der Waals surface area contributed by atoms with Gasteiger partial charge in [-0.3, -0.25) is 9.59 Å². The smallest absolute Gasteiger partial charge is 0.254 e. The summed E-state index contributed by atoms with van der Waals surface area (Å²) in [5.74, 6) is -0.650. The second-order valence-electron chi connectivity index (χ2n) is 3.91. The summed E-state index contributed by atoms with van der Waals surface area (Å²) in [6, 6.07) is 0. The Labute approximate surface area is 87.5 Å². The predicted octanol–water partition coefficient (Wildman–Crippen LogP) is 0.743. The van der Waals surface area contributed by atoms with Crippen LogP contribution in [0.5, 0.6) is 0 Å². The number of rotatable bonds is 1. The van der Waals surface area contributed by atoms with Crippen LogP contribution in [0.15, 0.2) is 11.0 Å². The topological polar surface area (TPSA) is 76.0 Å². The van der Waals surface area contributed by atoms with E-state index in [0.29, 0.717) is 0 Å². The molecule has 3 N–H and O–H groups in total. The number of nitrogens with one attached hydrogen (secondary N) is 1. The van der Waals surface area contributed by atoms with E-state index in [1.54, 1.807) is 0 Å². The van der Waals surface area contributed by atoms with Crippen LogP contribution in [-0.4, -0.2) is 10.9 Å². The van der Waals surface area contributed by atoms with Gasteiger partial charge in [0.2, 0.25) is 0 Å². The second kappa shape index (κ2) is 3.88. The number of aryl methyl sites for hydroxylation is 1. The molecule has 0 aliphatic heterocycles. The van der Waals surface area contributed by atoms with Crippen molar-refractivity contribution in [1.29, 1.82) is 0 Å². The van der Waals surface area contributed by atoms with E-state index in [2.05, 4.69) is 4.98 Å². The van der Waals surface area contributed by atoms with Crippen molar-refractivity contribution in [2.24, 2.45) is 5.73 Å². The molecule has 0 bridgehead atoms. The minimum Gasteiger partial charge on any atom is -0.365 e. The highest BCUT2D eigenvalue weighted by molar-refractivity contribution is 5.92. The first kappa shape index (κ1) is 9.96. The van der Waals surface area contributed by atoms with Gasteiger partial charge in [0, 0.05) is 17.5 Å². The Balaban J connectivity index is 2.56. The van der Waals surface area contributed by atoms with Crippen LogP contribution >= 0.6 is 0 Å². The molecule has 1 aromatic rings. The summed E-state index contributed by atoms with van der Waals surface area (Å²) in [4.78, 5) is 25.9. The Kier molecular flexibility index (Phi) is 2.58. The average molecular weight is 206 g/mol. The summed E-state index contributed by atoms with van der Waals surface area (Å²) in [5.41, 5.74) is 6.75. The quantitative estimate of drug-likeness (QED) is 0.665. The lowest BCUT2D eigenvalue weighted by atomic mass is 10.1. The summed E-state index contributed by atoms with van der Waals surface area (Å²) in [6.07, 6.45) is 6.33. The molecule has 4 nitrogen and oxygen atoms in total. The molecule has 0 saturated heterocycles. The average Bonchev–Trinajstić information content (AvgIpc) is 2.43. The highest BCUT2D eigenvalue weighted by Crippen LogP contribution is 2.15. The third-order valence-corrected chi connectivity index (χ3v) is 2.89. The Morgan fingerprint density at radius 1 is 1.27 bits per heavy atom. The van der Waals surface area contributed by atoms with Gasteiger partial charge in [0.15, 0.2) is 5.43 Å². The fraction of sp³-hybridized carbons (Fsp3) is 0.455. The molecule has 0 spiro atoms. The number of hydrogen-bond donors (Lipinski definition) is 2. The van der Waals surface area contributed by atoms with E-state index >= 15 is 0 Å². The van der Waals surface area contributed by atoms with Gasteiger partial charge in [-0.1, -0.05) is 6.42 Å². The molecule has 80 valence electrons. The zero-order valence-electron chi connectivity index (χ0n) is 8.51. The van der Waals surface area contributed by atoms with E-state index < -0.39 is 5.91 Å². The summed E-state index contributed by atoms with van der Waals surface area (Å²) >= 11 is 0. The van der Waals surface area contributed by atoms with Crippen molar-refractivity contribution in [3.63, 3.8) is 0 Å². The van der Waals surface area contributed by atoms with Crippen molar-refractivity contribution in [2.45, 2.75) is 32.1 Å². The van der Waals surface area contributed by atoms with Gasteiger partial charge in [-0.2, -0.15) is 0 Å². The normalized spacial score (nSPS) is 15.5. The van der Waals surface area contributed by atoms with Crippen molar-refractivity contribution in [3.8, 4) is 0 Å². The van der Waals surface area contributed by atoms with Crippen LogP contribution in [0.3, 0.4) is 0 Å². The Morgan fingerprint density at radius 3 is 2.73 bits per heavy atom. The number of hydrogen-bond acceptors (Lipinski definition) is 2. The molecule has 1 amide bonds. The van der Waals surface area contributed by atoms with Gasteiger partial charge < -0.3 is 10.7 Å². The number of amides is 1. The van der Waals surface area contributed by atoms with E-state index in [-0.39, 0.29) is 11.0 Å². The first-order valence-electron chi connectivity index (χ1n) is 5.23. The molecular formula is C11H14N2O2. The molecule has 0 unspecified atom stereocenters. The van der Waals surface area contributed by atoms with Gasteiger partial charge >= 0.3 is 0 Å². The van der Waals surface area contributed by atoms with Crippen LogP contribution in [0.1, 0.15) is 40.9 Å². The lowest BCUT2D eigenvalue weighted by Gasteiger charge is -2.05.